The Morgan fingerprint density at radius 2 is 1.91 bits per heavy atom. The van der Waals surface area contributed by atoms with Crippen LogP contribution in [-0.2, 0) is 6.54 Å². The van der Waals surface area contributed by atoms with Crippen molar-refractivity contribution in [3.05, 3.63) is 54.1 Å². The summed E-state index contributed by atoms with van der Waals surface area (Å²) in [6.45, 7) is 3.35. The summed E-state index contributed by atoms with van der Waals surface area (Å²) in [5.41, 5.74) is 1.80. The number of fused-ring (bicyclic) bond motifs is 1. The average Bonchev–Trinajstić information content (AvgIpc) is 3.01. The van der Waals surface area contributed by atoms with Crippen LogP contribution in [0.5, 0.6) is 11.5 Å². The normalized spacial score (nSPS) is 12.0. The van der Waals surface area contributed by atoms with Gasteiger partial charge in [-0.05, 0) is 36.8 Å². The maximum absolute atomic E-state index is 12.3. The zero-order valence-electron chi connectivity index (χ0n) is 12.4. The fourth-order valence-electron chi connectivity index (χ4n) is 2.31. The van der Waals surface area contributed by atoms with E-state index in [2.05, 4.69) is 5.32 Å². The molecule has 1 heterocycles. The Labute approximate surface area is 129 Å². The van der Waals surface area contributed by atoms with Gasteiger partial charge in [-0.2, -0.15) is 0 Å². The summed E-state index contributed by atoms with van der Waals surface area (Å²) in [4.78, 5) is 14.1. The molecule has 0 saturated heterocycles. The first-order valence-corrected chi connectivity index (χ1v) is 7.26. The molecule has 1 aliphatic rings. The van der Waals surface area contributed by atoms with Crippen LogP contribution < -0.4 is 14.8 Å². The summed E-state index contributed by atoms with van der Waals surface area (Å²) >= 11 is 0. The average molecular weight is 298 g/mol. The highest BCUT2D eigenvalue weighted by atomic mass is 16.7. The molecular formula is C17H18N2O3. The maximum Gasteiger partial charge on any atom is 0.322 e. The number of rotatable bonds is 4. The quantitative estimate of drug-likeness (QED) is 0.940. The number of carbonyl (C=O) groups is 1. The minimum Gasteiger partial charge on any atom is -0.454 e. The van der Waals surface area contributed by atoms with Gasteiger partial charge in [0.05, 0.1) is 0 Å². The van der Waals surface area contributed by atoms with E-state index in [0.29, 0.717) is 13.1 Å². The van der Waals surface area contributed by atoms with Crippen molar-refractivity contribution in [1.29, 1.82) is 0 Å². The molecule has 22 heavy (non-hydrogen) atoms. The number of hydrogen-bond donors (Lipinski definition) is 1. The molecule has 3 rings (SSSR count). The predicted molar refractivity (Wildman–Crippen MR) is 84.1 cm³/mol. The Hall–Kier alpha value is -2.69. The van der Waals surface area contributed by atoms with Crippen LogP contribution >= 0.6 is 0 Å². The third kappa shape index (κ3) is 3.14. The van der Waals surface area contributed by atoms with E-state index in [1.807, 2.05) is 55.5 Å². The van der Waals surface area contributed by atoms with Gasteiger partial charge in [0.15, 0.2) is 11.5 Å². The summed E-state index contributed by atoms with van der Waals surface area (Å²) in [6, 6.07) is 15.1. The molecule has 1 N–H and O–H groups in total. The van der Waals surface area contributed by atoms with Gasteiger partial charge in [-0.15, -0.1) is 0 Å². The molecule has 1 aliphatic heterocycles. The minimum atomic E-state index is -0.119. The van der Waals surface area contributed by atoms with Crippen LogP contribution in [0.25, 0.3) is 0 Å². The van der Waals surface area contributed by atoms with Crippen LogP contribution in [0.1, 0.15) is 12.5 Å². The number of para-hydroxylation sites is 1. The van der Waals surface area contributed by atoms with Crippen LogP contribution in [0.3, 0.4) is 0 Å². The lowest BCUT2D eigenvalue weighted by molar-refractivity contribution is 0.174. The molecule has 0 aliphatic carbocycles. The van der Waals surface area contributed by atoms with Crippen molar-refractivity contribution in [3.63, 3.8) is 0 Å². The van der Waals surface area contributed by atoms with Gasteiger partial charge < -0.3 is 19.7 Å². The molecule has 0 bridgehead atoms. The number of nitrogens with zero attached hydrogens (tertiary/aromatic N) is 1. The highest BCUT2D eigenvalue weighted by molar-refractivity contribution is 5.89. The SMILES string of the molecule is CCN(Cc1ccc2c(c1)OCO2)C(=O)Nc1ccccc1. The van der Waals surface area contributed by atoms with Crippen molar-refractivity contribution in [2.24, 2.45) is 0 Å². The van der Waals surface area contributed by atoms with Crippen LogP contribution in [0.2, 0.25) is 0 Å². The molecule has 2 amide bonds. The molecule has 2 aromatic rings. The molecule has 2 aromatic carbocycles. The van der Waals surface area contributed by atoms with Gasteiger partial charge in [-0.25, -0.2) is 4.79 Å². The van der Waals surface area contributed by atoms with E-state index in [1.54, 1.807) is 4.90 Å². The van der Waals surface area contributed by atoms with E-state index in [-0.39, 0.29) is 12.8 Å². The Morgan fingerprint density at radius 1 is 1.14 bits per heavy atom. The lowest BCUT2D eigenvalue weighted by Crippen LogP contribution is -2.34. The van der Waals surface area contributed by atoms with Crippen molar-refractivity contribution in [2.45, 2.75) is 13.5 Å². The standard InChI is InChI=1S/C17H18N2O3/c1-2-19(17(20)18-14-6-4-3-5-7-14)11-13-8-9-15-16(10-13)22-12-21-15/h3-10H,2,11-12H2,1H3,(H,18,20). The maximum atomic E-state index is 12.3. The molecule has 114 valence electrons. The summed E-state index contributed by atoms with van der Waals surface area (Å²) in [5, 5.41) is 2.90. The zero-order valence-corrected chi connectivity index (χ0v) is 12.4. The van der Waals surface area contributed by atoms with Crippen molar-refractivity contribution < 1.29 is 14.3 Å². The number of amides is 2. The van der Waals surface area contributed by atoms with Gasteiger partial charge >= 0.3 is 6.03 Å². The first-order valence-electron chi connectivity index (χ1n) is 7.26. The number of hydrogen-bond acceptors (Lipinski definition) is 3. The number of ether oxygens (including phenoxy) is 2. The Bertz CT molecular complexity index is 658. The number of urea groups is 1. The highest BCUT2D eigenvalue weighted by Gasteiger charge is 2.16. The summed E-state index contributed by atoms with van der Waals surface area (Å²) in [7, 11) is 0. The highest BCUT2D eigenvalue weighted by Crippen LogP contribution is 2.32. The lowest BCUT2D eigenvalue weighted by atomic mass is 10.2. The van der Waals surface area contributed by atoms with E-state index >= 15 is 0 Å². The second kappa shape index (κ2) is 6.39. The van der Waals surface area contributed by atoms with Crippen molar-refractivity contribution in [2.75, 3.05) is 18.7 Å². The molecule has 0 aromatic heterocycles. The number of nitrogens with one attached hydrogen (secondary N) is 1. The largest absolute Gasteiger partial charge is 0.454 e. The molecule has 5 heteroatoms. The molecule has 0 spiro atoms. The first kappa shape index (κ1) is 14.3. The summed E-state index contributed by atoms with van der Waals surface area (Å²) in [5.74, 6) is 1.48. The Kier molecular flexibility index (Phi) is 4.14. The first-order chi connectivity index (χ1) is 10.8. The monoisotopic (exact) mass is 298 g/mol. The van der Waals surface area contributed by atoms with Gasteiger partial charge in [-0.1, -0.05) is 24.3 Å². The van der Waals surface area contributed by atoms with Gasteiger partial charge in [-0.3, -0.25) is 0 Å². The van der Waals surface area contributed by atoms with Gasteiger partial charge in [0, 0.05) is 18.8 Å². The van der Waals surface area contributed by atoms with Crippen molar-refractivity contribution in [3.8, 4) is 11.5 Å². The molecule has 5 nitrogen and oxygen atoms in total. The van der Waals surface area contributed by atoms with Gasteiger partial charge in [0.2, 0.25) is 6.79 Å². The van der Waals surface area contributed by atoms with Gasteiger partial charge in [0.1, 0.15) is 0 Å². The fourth-order valence-corrected chi connectivity index (χ4v) is 2.31. The number of benzene rings is 2. The van der Waals surface area contributed by atoms with Crippen LogP contribution in [0.4, 0.5) is 10.5 Å². The van der Waals surface area contributed by atoms with E-state index in [9.17, 15) is 4.79 Å². The third-order valence-corrected chi connectivity index (χ3v) is 3.50. The molecule has 0 saturated carbocycles. The van der Waals surface area contributed by atoms with E-state index in [4.69, 9.17) is 9.47 Å². The Morgan fingerprint density at radius 3 is 2.68 bits per heavy atom. The molecule has 0 radical (unpaired) electrons. The third-order valence-electron chi connectivity index (χ3n) is 3.50. The minimum absolute atomic E-state index is 0.119. The zero-order chi connectivity index (χ0) is 15.4. The van der Waals surface area contributed by atoms with Crippen molar-refractivity contribution in [1.82, 2.24) is 4.90 Å². The van der Waals surface area contributed by atoms with Crippen LogP contribution in [0.15, 0.2) is 48.5 Å². The second-order valence-corrected chi connectivity index (χ2v) is 5.00. The predicted octanol–water partition coefficient (Wildman–Crippen LogP) is 3.47. The lowest BCUT2D eigenvalue weighted by Gasteiger charge is -2.21. The van der Waals surface area contributed by atoms with E-state index in [1.165, 1.54) is 0 Å². The second-order valence-electron chi connectivity index (χ2n) is 5.00. The molecule has 0 unspecified atom stereocenters. The summed E-state index contributed by atoms with van der Waals surface area (Å²) in [6.07, 6.45) is 0. The number of anilines is 1. The summed E-state index contributed by atoms with van der Waals surface area (Å²) < 4.78 is 10.7. The van der Waals surface area contributed by atoms with Gasteiger partial charge in [0.25, 0.3) is 0 Å². The topological polar surface area (TPSA) is 50.8 Å². The Balaban J connectivity index is 1.67. The van der Waals surface area contributed by atoms with E-state index < -0.39 is 0 Å². The molecule has 0 fully saturated rings. The fraction of sp³-hybridized carbons (Fsp3) is 0.235. The smallest absolute Gasteiger partial charge is 0.322 e. The molecule has 0 atom stereocenters. The van der Waals surface area contributed by atoms with Crippen LogP contribution in [0, 0.1) is 0 Å². The van der Waals surface area contributed by atoms with Crippen molar-refractivity contribution >= 4 is 11.7 Å². The van der Waals surface area contributed by atoms with E-state index in [0.717, 1.165) is 22.7 Å². The molecular weight excluding hydrogens is 280 g/mol. The number of carbonyl (C=O) groups excluding carboxylic acids is 1. The van der Waals surface area contributed by atoms with Crippen LogP contribution in [-0.4, -0.2) is 24.3 Å².